The first kappa shape index (κ1) is 23.3. The molecule has 0 amide bonds. The van der Waals surface area contributed by atoms with Gasteiger partial charge in [0, 0.05) is 36.2 Å². The molecule has 0 unspecified atom stereocenters. The van der Waals surface area contributed by atoms with E-state index in [1.165, 1.54) is 14.2 Å². The lowest BCUT2D eigenvalue weighted by molar-refractivity contribution is 0.104. The summed E-state index contributed by atoms with van der Waals surface area (Å²) in [5.74, 6) is 1.76. The molecule has 2 aromatic carbocycles. The zero-order valence-electron chi connectivity index (χ0n) is 19.5. The summed E-state index contributed by atoms with van der Waals surface area (Å²) in [7, 11) is 9.39. The average molecular weight is 473 g/mol. The first-order valence-corrected chi connectivity index (χ1v) is 11.3. The molecule has 11 heteroatoms. The zero-order valence-corrected chi connectivity index (χ0v) is 19.5. The number of hydrogen-bond donors (Lipinski definition) is 1. The number of carbonyl (C=O) groups excluding carboxylic acids is 1. The van der Waals surface area contributed by atoms with Crippen LogP contribution in [0.3, 0.4) is 0 Å². The van der Waals surface area contributed by atoms with Gasteiger partial charge in [0.05, 0.1) is 38.6 Å². The number of benzene rings is 2. The van der Waals surface area contributed by atoms with Crippen LogP contribution in [0, 0.1) is 0 Å². The molecule has 0 saturated heterocycles. The van der Waals surface area contributed by atoms with Gasteiger partial charge in [-0.15, -0.1) is 0 Å². The van der Waals surface area contributed by atoms with Crippen molar-refractivity contribution >= 4 is 31.7 Å². The van der Waals surface area contributed by atoms with Crippen molar-refractivity contribution in [2.75, 3.05) is 40.7 Å². The second kappa shape index (κ2) is 9.67. The Bertz CT molecular complexity index is 1370. The van der Waals surface area contributed by atoms with Crippen molar-refractivity contribution in [2.45, 2.75) is 13.0 Å². The molecule has 1 aliphatic heterocycles. The third kappa shape index (κ3) is 3.94. The summed E-state index contributed by atoms with van der Waals surface area (Å²) in [5.41, 5.74) is 1.96. The van der Waals surface area contributed by atoms with Gasteiger partial charge in [0.1, 0.15) is 0 Å². The van der Waals surface area contributed by atoms with E-state index in [4.69, 9.17) is 31.3 Å². The average Bonchev–Trinajstić information content (AvgIpc) is 3.45. The fourth-order valence-electron chi connectivity index (χ4n) is 4.64. The Hall–Kier alpha value is -3.43. The molecule has 0 saturated carbocycles. The quantitative estimate of drug-likeness (QED) is 0.275. The zero-order chi connectivity index (χ0) is 24.5. The molecule has 2 heterocycles. The maximum Gasteiger partial charge on any atom is 0.259 e. The molecule has 35 heavy (non-hydrogen) atoms. The normalized spacial score (nSPS) is 13.1. The molecule has 1 aromatic heterocycles. The van der Waals surface area contributed by atoms with E-state index in [2.05, 4.69) is 5.32 Å². The second-order valence-electron chi connectivity index (χ2n) is 8.12. The Balaban J connectivity index is 1.63. The summed E-state index contributed by atoms with van der Waals surface area (Å²) < 4.78 is 28.6. The molecule has 3 radical (unpaired) electrons. The third-order valence-corrected chi connectivity index (χ3v) is 6.24. The summed E-state index contributed by atoms with van der Waals surface area (Å²) in [6.07, 6.45) is 0.658. The van der Waals surface area contributed by atoms with E-state index in [9.17, 15) is 9.59 Å². The highest BCUT2D eigenvalue weighted by molar-refractivity contribution is 6.85. The van der Waals surface area contributed by atoms with Crippen molar-refractivity contribution in [1.82, 2.24) is 9.88 Å². The summed E-state index contributed by atoms with van der Waals surface area (Å²) in [5, 5.41) is 4.17. The fraction of sp³-hybridized carbons (Fsp3) is 0.333. The van der Waals surface area contributed by atoms with Crippen molar-refractivity contribution in [3.63, 3.8) is 0 Å². The smallest absolute Gasteiger partial charge is 0.259 e. The van der Waals surface area contributed by atoms with E-state index in [0.29, 0.717) is 88.8 Å². The van der Waals surface area contributed by atoms with Gasteiger partial charge in [0.25, 0.3) is 5.56 Å². The number of methoxy groups -OCH3 is 2. The van der Waals surface area contributed by atoms with Crippen LogP contribution in [0.15, 0.2) is 29.1 Å². The molecule has 1 aliphatic carbocycles. The van der Waals surface area contributed by atoms with Crippen LogP contribution in [0.4, 0.5) is 0 Å². The Kier molecular flexibility index (Phi) is 6.44. The molecule has 5 rings (SSSR count). The van der Waals surface area contributed by atoms with E-state index in [-0.39, 0.29) is 18.1 Å². The second-order valence-corrected chi connectivity index (χ2v) is 8.12. The Morgan fingerprint density at radius 1 is 1.00 bits per heavy atom. The molecule has 1 N–H and O–H groups in total. The van der Waals surface area contributed by atoms with E-state index in [0.717, 1.165) is 7.37 Å². The molecule has 0 fully saturated rings. The van der Waals surface area contributed by atoms with Crippen LogP contribution in [-0.2, 0) is 11.2 Å². The lowest BCUT2D eigenvalue weighted by Crippen LogP contribution is -2.27. The highest BCUT2D eigenvalue weighted by Crippen LogP contribution is 2.46. The predicted molar refractivity (Wildman–Crippen MR) is 131 cm³/mol. The number of nitrogens with zero attached hydrogens (tertiary/aromatic N) is 1. The van der Waals surface area contributed by atoms with Gasteiger partial charge in [-0.3, -0.25) is 9.59 Å². The van der Waals surface area contributed by atoms with Gasteiger partial charge in [0.15, 0.2) is 28.8 Å². The maximum absolute atomic E-state index is 13.8. The molecule has 0 bridgehead atoms. The van der Waals surface area contributed by atoms with E-state index in [1.807, 2.05) is 0 Å². The summed E-state index contributed by atoms with van der Waals surface area (Å²) in [6, 6.07) is 6.80. The Labute approximate surface area is 203 Å². The molecule has 177 valence electrons. The van der Waals surface area contributed by atoms with Crippen molar-refractivity contribution < 1.29 is 28.4 Å². The minimum atomic E-state index is -0.209. The number of ether oxygens (including phenoxy) is 4. The molecule has 0 atom stereocenters. The van der Waals surface area contributed by atoms with Crippen molar-refractivity contribution in [1.29, 1.82) is 0 Å². The van der Waals surface area contributed by atoms with Crippen LogP contribution in [0.1, 0.15) is 22.3 Å². The maximum atomic E-state index is 13.8. The van der Waals surface area contributed by atoms with Gasteiger partial charge < -0.3 is 33.5 Å². The van der Waals surface area contributed by atoms with E-state index < -0.39 is 0 Å². The van der Waals surface area contributed by atoms with E-state index in [1.54, 1.807) is 28.8 Å². The first-order valence-electron chi connectivity index (χ1n) is 11.3. The van der Waals surface area contributed by atoms with E-state index >= 15 is 0 Å². The number of rotatable bonds is 10. The highest BCUT2D eigenvalue weighted by Gasteiger charge is 2.35. The van der Waals surface area contributed by atoms with Gasteiger partial charge in [-0.2, -0.15) is 0 Å². The van der Waals surface area contributed by atoms with Gasteiger partial charge in [-0.05, 0) is 37.2 Å². The van der Waals surface area contributed by atoms with Crippen molar-refractivity contribution in [3.8, 4) is 34.3 Å². The number of aromatic nitrogens is 1. The molecule has 9 nitrogen and oxygen atoms in total. The number of pyridine rings is 1. The predicted octanol–water partition coefficient (Wildman–Crippen LogP) is 1.66. The largest absolute Gasteiger partial charge is 0.493 e. The van der Waals surface area contributed by atoms with Gasteiger partial charge in [-0.1, -0.05) is 0 Å². The van der Waals surface area contributed by atoms with Gasteiger partial charge in [-0.25, -0.2) is 0 Å². The molecular formula is C24H23B2N2O7. The van der Waals surface area contributed by atoms with Crippen LogP contribution in [0.2, 0.25) is 0 Å². The van der Waals surface area contributed by atoms with Crippen LogP contribution < -0.4 is 29.8 Å². The Morgan fingerprint density at radius 2 is 1.69 bits per heavy atom. The summed E-state index contributed by atoms with van der Waals surface area (Å²) in [6.45, 7) is 2.24. The number of carbonyl (C=O) groups is 1. The monoisotopic (exact) mass is 473 g/mol. The van der Waals surface area contributed by atoms with Crippen LogP contribution in [0.5, 0.6) is 23.0 Å². The fourth-order valence-corrected chi connectivity index (χ4v) is 4.64. The minimum Gasteiger partial charge on any atom is -0.493 e. The number of nitrogens with one attached hydrogen (secondary N) is 1. The topological polar surface area (TPSA) is 97.3 Å². The number of ketones is 1. The molecular weight excluding hydrogens is 450 g/mol. The van der Waals surface area contributed by atoms with Crippen LogP contribution in [-0.4, -0.2) is 66.2 Å². The first-order chi connectivity index (χ1) is 17.1. The number of hydrogen-bond acceptors (Lipinski definition) is 8. The SMILES string of the molecule is [B][B]OCCNCCCn1c2c(c3cc(OC)c(OC)cc3c1=O)C(=O)c1cc3c(cc1-2)OCO3. The number of fused-ring (bicyclic) bond motifs is 6. The molecule has 2 aliphatic rings. The van der Waals surface area contributed by atoms with Gasteiger partial charge in [0.2, 0.25) is 14.2 Å². The lowest BCUT2D eigenvalue weighted by Gasteiger charge is -2.17. The lowest BCUT2D eigenvalue weighted by atomic mass is 9.72. The van der Waals surface area contributed by atoms with Crippen LogP contribution in [0.25, 0.3) is 22.0 Å². The van der Waals surface area contributed by atoms with Crippen molar-refractivity contribution in [2.24, 2.45) is 0 Å². The Morgan fingerprint density at radius 3 is 2.37 bits per heavy atom. The third-order valence-electron chi connectivity index (χ3n) is 6.24. The standard InChI is InChI=1S/C24H23B2N2O7/c1-31-17-8-13-16(11-18(17)32-2)24(30)28(6-3-4-27-5-7-35-26-25)22-14-9-19-20(34-12-33-19)10-15(14)23(29)21(13)22/h8-11,27H,3-7,12H2,1-2H3. The highest BCUT2D eigenvalue weighted by atomic mass is 16.7. The molecule has 3 aromatic rings. The summed E-state index contributed by atoms with van der Waals surface area (Å²) in [4.78, 5) is 27.4. The molecule has 0 spiro atoms. The van der Waals surface area contributed by atoms with Gasteiger partial charge >= 0.3 is 0 Å². The van der Waals surface area contributed by atoms with Crippen LogP contribution >= 0.6 is 0 Å². The summed E-state index contributed by atoms with van der Waals surface area (Å²) >= 11 is 0. The minimum absolute atomic E-state index is 0.0953. The van der Waals surface area contributed by atoms with Crippen molar-refractivity contribution in [3.05, 3.63) is 45.7 Å².